The fraction of sp³-hybridized carbons (Fsp3) is 0.118. The van der Waals surface area contributed by atoms with Gasteiger partial charge < -0.3 is 9.15 Å². The van der Waals surface area contributed by atoms with Gasteiger partial charge in [0.2, 0.25) is 5.76 Å². The minimum Gasteiger partial charge on any atom is -0.460 e. The summed E-state index contributed by atoms with van der Waals surface area (Å²) in [5.74, 6) is -0.221. The van der Waals surface area contributed by atoms with Crippen LogP contribution in [0.5, 0.6) is 0 Å². The van der Waals surface area contributed by atoms with Gasteiger partial charge in [-0.15, -0.1) is 0 Å². The molecule has 1 heterocycles. The predicted molar refractivity (Wildman–Crippen MR) is 82.6 cm³/mol. The number of furan rings is 1. The van der Waals surface area contributed by atoms with Crippen molar-refractivity contribution in [2.75, 3.05) is 6.61 Å². The highest BCUT2D eigenvalue weighted by Crippen LogP contribution is 2.27. The van der Waals surface area contributed by atoms with Crippen molar-refractivity contribution in [3.05, 3.63) is 59.3 Å². The molecule has 3 rings (SSSR count). The van der Waals surface area contributed by atoms with Gasteiger partial charge in [-0.2, -0.15) is 0 Å². The van der Waals surface area contributed by atoms with E-state index in [1.807, 2.05) is 42.5 Å². The third kappa shape index (κ3) is 2.78. The summed E-state index contributed by atoms with van der Waals surface area (Å²) in [7, 11) is 0. The van der Waals surface area contributed by atoms with Gasteiger partial charge in [-0.25, -0.2) is 4.79 Å². The Hall–Kier alpha value is -2.26. The average Bonchev–Trinajstić information content (AvgIpc) is 2.91. The van der Waals surface area contributed by atoms with E-state index in [1.54, 1.807) is 13.0 Å². The molecule has 0 atom stereocenters. The Kier molecular flexibility index (Phi) is 3.67. The van der Waals surface area contributed by atoms with Gasteiger partial charge in [0, 0.05) is 10.4 Å². The molecular formula is C17H13ClO3. The Morgan fingerprint density at radius 3 is 2.52 bits per heavy atom. The molecule has 0 saturated carbocycles. The van der Waals surface area contributed by atoms with E-state index in [9.17, 15) is 4.79 Å². The summed E-state index contributed by atoms with van der Waals surface area (Å²) in [6.45, 7) is 2.09. The highest BCUT2D eigenvalue weighted by atomic mass is 35.5. The van der Waals surface area contributed by atoms with Gasteiger partial charge in [0.05, 0.1) is 6.61 Å². The van der Waals surface area contributed by atoms with E-state index in [-0.39, 0.29) is 5.76 Å². The molecule has 21 heavy (non-hydrogen) atoms. The number of esters is 1. The molecule has 0 saturated heterocycles. The van der Waals surface area contributed by atoms with Crippen molar-refractivity contribution in [1.29, 1.82) is 0 Å². The monoisotopic (exact) mass is 300 g/mol. The summed E-state index contributed by atoms with van der Waals surface area (Å²) >= 11 is 5.90. The quantitative estimate of drug-likeness (QED) is 0.644. The molecule has 3 aromatic rings. The lowest BCUT2D eigenvalue weighted by Gasteiger charge is -2.01. The van der Waals surface area contributed by atoms with Crippen LogP contribution in [0, 0.1) is 0 Å². The maximum absolute atomic E-state index is 11.7. The van der Waals surface area contributed by atoms with Crippen LogP contribution < -0.4 is 0 Å². The van der Waals surface area contributed by atoms with Crippen LogP contribution >= 0.6 is 11.6 Å². The zero-order valence-electron chi connectivity index (χ0n) is 11.4. The van der Waals surface area contributed by atoms with E-state index < -0.39 is 5.97 Å². The van der Waals surface area contributed by atoms with Crippen LogP contribution in [0.4, 0.5) is 0 Å². The third-order valence-electron chi connectivity index (χ3n) is 3.17. The standard InChI is InChI=1S/C17H13ClO3/c1-2-20-17(19)16-10-13-9-12(5-8-15(13)21-16)11-3-6-14(18)7-4-11/h3-10H,2H2,1H3. The van der Waals surface area contributed by atoms with Crippen molar-refractivity contribution in [3.8, 4) is 11.1 Å². The summed E-state index contributed by atoms with van der Waals surface area (Å²) in [6.07, 6.45) is 0. The number of ether oxygens (including phenoxy) is 1. The van der Waals surface area contributed by atoms with Crippen LogP contribution in [-0.2, 0) is 4.74 Å². The highest BCUT2D eigenvalue weighted by Gasteiger charge is 2.13. The molecule has 2 aromatic carbocycles. The van der Waals surface area contributed by atoms with E-state index in [2.05, 4.69) is 0 Å². The summed E-state index contributed by atoms with van der Waals surface area (Å²) < 4.78 is 10.4. The molecule has 0 N–H and O–H groups in total. The minimum absolute atomic E-state index is 0.222. The van der Waals surface area contributed by atoms with E-state index in [0.29, 0.717) is 17.2 Å². The van der Waals surface area contributed by atoms with E-state index in [4.69, 9.17) is 20.8 Å². The van der Waals surface area contributed by atoms with E-state index in [0.717, 1.165) is 16.5 Å². The topological polar surface area (TPSA) is 39.4 Å². The number of halogens is 1. The molecular weight excluding hydrogens is 288 g/mol. The van der Waals surface area contributed by atoms with Gasteiger partial charge in [0.25, 0.3) is 0 Å². The fourth-order valence-corrected chi connectivity index (χ4v) is 2.29. The average molecular weight is 301 g/mol. The van der Waals surface area contributed by atoms with Crippen LogP contribution in [-0.4, -0.2) is 12.6 Å². The zero-order valence-corrected chi connectivity index (χ0v) is 12.2. The van der Waals surface area contributed by atoms with Crippen molar-refractivity contribution in [2.45, 2.75) is 6.92 Å². The van der Waals surface area contributed by atoms with Crippen molar-refractivity contribution in [3.63, 3.8) is 0 Å². The van der Waals surface area contributed by atoms with Crippen molar-refractivity contribution in [2.24, 2.45) is 0 Å². The smallest absolute Gasteiger partial charge is 0.374 e. The summed E-state index contributed by atoms with van der Waals surface area (Å²) in [4.78, 5) is 11.7. The van der Waals surface area contributed by atoms with Crippen molar-refractivity contribution >= 4 is 28.5 Å². The second-order valence-corrected chi connectivity index (χ2v) is 5.03. The van der Waals surface area contributed by atoms with Gasteiger partial charge in [-0.1, -0.05) is 29.8 Å². The molecule has 0 aliphatic carbocycles. The Morgan fingerprint density at radius 2 is 1.81 bits per heavy atom. The first-order valence-electron chi connectivity index (χ1n) is 6.64. The molecule has 0 spiro atoms. The Morgan fingerprint density at radius 1 is 1.10 bits per heavy atom. The molecule has 0 unspecified atom stereocenters. The van der Waals surface area contributed by atoms with Crippen molar-refractivity contribution < 1.29 is 13.9 Å². The Bertz CT molecular complexity index is 787. The number of fused-ring (bicyclic) bond motifs is 1. The van der Waals surface area contributed by atoms with Crippen LogP contribution in [0.1, 0.15) is 17.5 Å². The highest BCUT2D eigenvalue weighted by molar-refractivity contribution is 6.30. The number of hydrogen-bond acceptors (Lipinski definition) is 3. The number of rotatable bonds is 3. The lowest BCUT2D eigenvalue weighted by atomic mass is 10.0. The van der Waals surface area contributed by atoms with Gasteiger partial charge in [-0.3, -0.25) is 0 Å². The van der Waals surface area contributed by atoms with Gasteiger partial charge in [-0.05, 0) is 48.4 Å². The summed E-state index contributed by atoms with van der Waals surface area (Å²) in [5.41, 5.74) is 2.76. The second kappa shape index (κ2) is 5.62. The summed E-state index contributed by atoms with van der Waals surface area (Å²) in [6, 6.07) is 15.1. The number of carbonyl (C=O) groups is 1. The maximum Gasteiger partial charge on any atom is 0.374 e. The molecule has 3 nitrogen and oxygen atoms in total. The molecule has 0 radical (unpaired) electrons. The molecule has 1 aromatic heterocycles. The maximum atomic E-state index is 11.7. The van der Waals surface area contributed by atoms with Gasteiger partial charge in [0.15, 0.2) is 0 Å². The molecule has 0 amide bonds. The second-order valence-electron chi connectivity index (χ2n) is 4.59. The van der Waals surface area contributed by atoms with E-state index in [1.165, 1.54) is 0 Å². The Balaban J connectivity index is 2.00. The number of hydrogen-bond donors (Lipinski definition) is 0. The molecule has 0 aliphatic rings. The molecule has 0 fully saturated rings. The van der Waals surface area contributed by atoms with Gasteiger partial charge >= 0.3 is 5.97 Å². The van der Waals surface area contributed by atoms with Crippen LogP contribution in [0.3, 0.4) is 0 Å². The molecule has 0 bridgehead atoms. The molecule has 106 valence electrons. The van der Waals surface area contributed by atoms with Crippen LogP contribution in [0.15, 0.2) is 52.9 Å². The SMILES string of the molecule is CCOC(=O)c1cc2cc(-c3ccc(Cl)cc3)ccc2o1. The van der Waals surface area contributed by atoms with Crippen LogP contribution in [0.2, 0.25) is 5.02 Å². The number of carbonyl (C=O) groups excluding carboxylic acids is 1. The molecule has 4 heteroatoms. The van der Waals surface area contributed by atoms with E-state index >= 15 is 0 Å². The lowest BCUT2D eigenvalue weighted by molar-refractivity contribution is 0.0492. The Labute approximate surface area is 127 Å². The normalized spacial score (nSPS) is 10.8. The fourth-order valence-electron chi connectivity index (χ4n) is 2.17. The largest absolute Gasteiger partial charge is 0.460 e. The first-order chi connectivity index (χ1) is 10.2. The summed E-state index contributed by atoms with van der Waals surface area (Å²) in [5, 5.41) is 1.57. The third-order valence-corrected chi connectivity index (χ3v) is 3.42. The van der Waals surface area contributed by atoms with Crippen LogP contribution in [0.25, 0.3) is 22.1 Å². The van der Waals surface area contributed by atoms with Crippen molar-refractivity contribution in [1.82, 2.24) is 0 Å². The number of benzene rings is 2. The predicted octanol–water partition coefficient (Wildman–Crippen LogP) is 4.93. The minimum atomic E-state index is -0.443. The lowest BCUT2D eigenvalue weighted by Crippen LogP contribution is -2.02. The first kappa shape index (κ1) is 13.7. The zero-order chi connectivity index (χ0) is 14.8. The van der Waals surface area contributed by atoms with Gasteiger partial charge in [0.1, 0.15) is 5.58 Å². The molecule has 0 aliphatic heterocycles. The first-order valence-corrected chi connectivity index (χ1v) is 7.02.